The summed E-state index contributed by atoms with van der Waals surface area (Å²) in [7, 11) is 0. The maximum Gasteiger partial charge on any atom is 0.200 e. The smallest absolute Gasteiger partial charge is 0.200 e. The molecule has 1 atom stereocenters. The summed E-state index contributed by atoms with van der Waals surface area (Å²) >= 11 is 3.04. The highest BCUT2D eigenvalue weighted by Crippen LogP contribution is 2.29. The second-order valence-corrected chi connectivity index (χ2v) is 4.98. The van der Waals surface area contributed by atoms with Crippen LogP contribution in [0.5, 0.6) is 5.75 Å². The fraction of sp³-hybridized carbons (Fsp3) is 0.143. The minimum absolute atomic E-state index is 0.0749. The van der Waals surface area contributed by atoms with E-state index in [9.17, 15) is 13.2 Å². The van der Waals surface area contributed by atoms with Gasteiger partial charge in [-0.2, -0.15) is 4.39 Å². The van der Waals surface area contributed by atoms with Gasteiger partial charge in [0.15, 0.2) is 11.6 Å². The van der Waals surface area contributed by atoms with Gasteiger partial charge in [-0.1, -0.05) is 34.1 Å². The summed E-state index contributed by atoms with van der Waals surface area (Å²) in [5.74, 6) is -3.03. The van der Waals surface area contributed by atoms with Crippen molar-refractivity contribution in [3.63, 3.8) is 0 Å². The van der Waals surface area contributed by atoms with Gasteiger partial charge in [-0.15, -0.1) is 0 Å². The molecule has 0 aliphatic rings. The first kappa shape index (κ1) is 14.9. The van der Waals surface area contributed by atoms with Crippen LogP contribution in [0.1, 0.15) is 11.7 Å². The molecule has 20 heavy (non-hydrogen) atoms. The zero-order chi connectivity index (χ0) is 14.7. The molecular formula is C14H11BrF3NO. The molecule has 0 fully saturated rings. The van der Waals surface area contributed by atoms with Crippen LogP contribution in [0.3, 0.4) is 0 Å². The third-order valence-electron chi connectivity index (χ3n) is 2.70. The SMILES string of the molecule is NCC(Oc1cc(Br)cc(F)c1F)c1ccccc1F. The molecule has 106 valence electrons. The van der Waals surface area contributed by atoms with Gasteiger partial charge in [-0.3, -0.25) is 0 Å². The zero-order valence-electron chi connectivity index (χ0n) is 10.2. The number of benzene rings is 2. The molecule has 0 amide bonds. The predicted molar refractivity (Wildman–Crippen MR) is 72.9 cm³/mol. The lowest BCUT2D eigenvalue weighted by atomic mass is 10.1. The standard InChI is InChI=1S/C14H11BrF3NO/c15-8-5-11(17)14(18)12(6-8)20-13(7-19)9-3-1-2-4-10(9)16/h1-6,13H,7,19H2. The molecule has 0 saturated carbocycles. The first-order valence-corrected chi connectivity index (χ1v) is 6.58. The Morgan fingerprint density at radius 3 is 2.45 bits per heavy atom. The molecule has 2 N–H and O–H groups in total. The van der Waals surface area contributed by atoms with E-state index in [0.717, 1.165) is 6.07 Å². The van der Waals surface area contributed by atoms with Crippen molar-refractivity contribution >= 4 is 15.9 Å². The van der Waals surface area contributed by atoms with Gasteiger partial charge in [0.1, 0.15) is 11.9 Å². The summed E-state index contributed by atoms with van der Waals surface area (Å²) in [4.78, 5) is 0. The van der Waals surface area contributed by atoms with E-state index in [0.29, 0.717) is 4.47 Å². The van der Waals surface area contributed by atoms with Crippen molar-refractivity contribution in [1.29, 1.82) is 0 Å². The van der Waals surface area contributed by atoms with Gasteiger partial charge in [0.25, 0.3) is 0 Å². The Labute approximate surface area is 122 Å². The lowest BCUT2D eigenvalue weighted by Crippen LogP contribution is -2.20. The van der Waals surface area contributed by atoms with Gasteiger partial charge >= 0.3 is 0 Å². The molecule has 0 aliphatic heterocycles. The van der Waals surface area contributed by atoms with Crippen LogP contribution in [0.2, 0.25) is 0 Å². The van der Waals surface area contributed by atoms with E-state index in [1.807, 2.05) is 0 Å². The summed E-state index contributed by atoms with van der Waals surface area (Å²) in [6.45, 7) is -0.0749. The van der Waals surface area contributed by atoms with Gasteiger partial charge in [0.2, 0.25) is 5.82 Å². The predicted octanol–water partition coefficient (Wildman–Crippen LogP) is 3.95. The third kappa shape index (κ3) is 3.13. The molecule has 2 rings (SSSR count). The quantitative estimate of drug-likeness (QED) is 0.851. The van der Waals surface area contributed by atoms with Crippen LogP contribution < -0.4 is 10.5 Å². The number of hydrogen-bond donors (Lipinski definition) is 1. The van der Waals surface area contributed by atoms with E-state index in [-0.39, 0.29) is 17.9 Å². The second-order valence-electron chi connectivity index (χ2n) is 4.06. The molecule has 1 unspecified atom stereocenters. The number of nitrogens with two attached hydrogens (primary N) is 1. The normalized spacial score (nSPS) is 12.2. The molecular weight excluding hydrogens is 335 g/mol. The van der Waals surface area contributed by atoms with Gasteiger partial charge in [0, 0.05) is 16.6 Å². The highest BCUT2D eigenvalue weighted by atomic mass is 79.9. The largest absolute Gasteiger partial charge is 0.481 e. The van der Waals surface area contributed by atoms with Gasteiger partial charge in [-0.05, 0) is 18.2 Å². The number of ether oxygens (including phenoxy) is 1. The van der Waals surface area contributed by atoms with E-state index in [4.69, 9.17) is 10.5 Å². The maximum atomic E-state index is 13.7. The molecule has 0 aliphatic carbocycles. The fourth-order valence-electron chi connectivity index (χ4n) is 1.75. The Morgan fingerprint density at radius 1 is 1.10 bits per heavy atom. The number of rotatable bonds is 4. The summed E-state index contributed by atoms with van der Waals surface area (Å²) in [6.07, 6.45) is -0.903. The van der Waals surface area contributed by atoms with Crippen molar-refractivity contribution < 1.29 is 17.9 Å². The van der Waals surface area contributed by atoms with Crippen LogP contribution >= 0.6 is 15.9 Å². The lowest BCUT2D eigenvalue weighted by Gasteiger charge is -2.19. The minimum atomic E-state index is -1.14. The van der Waals surface area contributed by atoms with Gasteiger partial charge in [-0.25, -0.2) is 8.78 Å². The lowest BCUT2D eigenvalue weighted by molar-refractivity contribution is 0.197. The molecule has 2 aromatic carbocycles. The summed E-state index contributed by atoms with van der Waals surface area (Å²) in [5.41, 5.74) is 5.72. The Hall–Kier alpha value is -1.53. The summed E-state index contributed by atoms with van der Waals surface area (Å²) in [5, 5.41) is 0. The van der Waals surface area contributed by atoms with Crippen molar-refractivity contribution in [2.24, 2.45) is 5.73 Å². The number of halogens is 4. The Kier molecular flexibility index (Phi) is 4.67. The third-order valence-corrected chi connectivity index (χ3v) is 3.15. The van der Waals surface area contributed by atoms with E-state index < -0.39 is 23.6 Å². The van der Waals surface area contributed by atoms with E-state index in [1.54, 1.807) is 6.07 Å². The highest BCUT2D eigenvalue weighted by Gasteiger charge is 2.19. The van der Waals surface area contributed by atoms with Crippen LogP contribution in [0.25, 0.3) is 0 Å². The van der Waals surface area contributed by atoms with E-state index >= 15 is 0 Å². The second kappa shape index (κ2) is 6.28. The van der Waals surface area contributed by atoms with Crippen LogP contribution in [-0.2, 0) is 0 Å². The molecule has 0 aromatic heterocycles. The molecule has 2 aromatic rings. The van der Waals surface area contributed by atoms with E-state index in [2.05, 4.69) is 15.9 Å². The van der Waals surface area contributed by atoms with Crippen LogP contribution in [0.15, 0.2) is 40.9 Å². The average molecular weight is 346 g/mol. The molecule has 0 bridgehead atoms. The minimum Gasteiger partial charge on any atom is -0.481 e. The monoisotopic (exact) mass is 345 g/mol. The number of hydrogen-bond acceptors (Lipinski definition) is 2. The molecule has 0 spiro atoms. The van der Waals surface area contributed by atoms with Gasteiger partial charge in [0.05, 0.1) is 0 Å². The fourth-order valence-corrected chi connectivity index (χ4v) is 2.16. The first-order valence-electron chi connectivity index (χ1n) is 5.78. The van der Waals surface area contributed by atoms with Crippen molar-refractivity contribution in [3.8, 4) is 5.75 Å². The average Bonchev–Trinajstić information content (AvgIpc) is 2.42. The van der Waals surface area contributed by atoms with Crippen molar-refractivity contribution in [2.75, 3.05) is 6.54 Å². The van der Waals surface area contributed by atoms with E-state index in [1.165, 1.54) is 24.3 Å². The Morgan fingerprint density at radius 2 is 1.80 bits per heavy atom. The summed E-state index contributed by atoms with van der Waals surface area (Å²) < 4.78 is 46.2. The summed E-state index contributed by atoms with van der Waals surface area (Å²) in [6, 6.07) is 8.11. The zero-order valence-corrected chi connectivity index (χ0v) is 11.8. The van der Waals surface area contributed by atoms with Crippen molar-refractivity contribution in [3.05, 3.63) is 63.9 Å². The Balaban J connectivity index is 2.34. The maximum absolute atomic E-state index is 13.7. The first-order chi connectivity index (χ1) is 9.52. The van der Waals surface area contributed by atoms with Crippen LogP contribution in [-0.4, -0.2) is 6.54 Å². The molecule has 6 heteroatoms. The molecule has 0 heterocycles. The van der Waals surface area contributed by atoms with Crippen molar-refractivity contribution in [1.82, 2.24) is 0 Å². The molecule has 2 nitrogen and oxygen atoms in total. The Bertz CT molecular complexity index is 621. The van der Waals surface area contributed by atoms with Gasteiger partial charge < -0.3 is 10.5 Å². The topological polar surface area (TPSA) is 35.2 Å². The van der Waals surface area contributed by atoms with Crippen molar-refractivity contribution in [2.45, 2.75) is 6.10 Å². The van der Waals surface area contributed by atoms with Crippen LogP contribution in [0.4, 0.5) is 13.2 Å². The molecule has 0 saturated heterocycles. The highest BCUT2D eigenvalue weighted by molar-refractivity contribution is 9.10. The van der Waals surface area contributed by atoms with Crippen LogP contribution in [0, 0.1) is 17.5 Å². The molecule has 0 radical (unpaired) electrons.